The summed E-state index contributed by atoms with van der Waals surface area (Å²) in [6.45, 7) is 0.637. The summed E-state index contributed by atoms with van der Waals surface area (Å²) >= 11 is 14.0. The fraction of sp³-hybridized carbons (Fsp3) is 0.250. The lowest BCUT2D eigenvalue weighted by atomic mass is 10.0. The average molecular weight is 325 g/mol. The van der Waals surface area contributed by atoms with Crippen LogP contribution in [0.2, 0.25) is 5.02 Å². The Bertz CT molecular complexity index is 615. The van der Waals surface area contributed by atoms with E-state index in [0.29, 0.717) is 23.4 Å². The molecule has 1 aliphatic rings. The number of alkyl halides is 1. The molecular weight excluding hydrogens is 311 g/mol. The first-order valence-corrected chi connectivity index (χ1v) is 8.37. The number of rotatable bonds is 4. The molecule has 0 fully saturated rings. The summed E-state index contributed by atoms with van der Waals surface area (Å²) in [7, 11) is 0. The Morgan fingerprint density at radius 1 is 1.15 bits per heavy atom. The molecule has 104 valence electrons. The number of fused-ring (bicyclic) bond motifs is 1. The van der Waals surface area contributed by atoms with Gasteiger partial charge >= 0.3 is 0 Å². The van der Waals surface area contributed by atoms with Gasteiger partial charge in [0.2, 0.25) is 0 Å². The van der Waals surface area contributed by atoms with Crippen LogP contribution in [0.4, 0.5) is 0 Å². The molecule has 1 unspecified atom stereocenters. The van der Waals surface area contributed by atoms with Crippen LogP contribution in [0.3, 0.4) is 0 Å². The van der Waals surface area contributed by atoms with Gasteiger partial charge in [-0.25, -0.2) is 0 Å². The van der Waals surface area contributed by atoms with Crippen molar-refractivity contribution in [1.29, 1.82) is 0 Å². The molecule has 20 heavy (non-hydrogen) atoms. The molecule has 0 bridgehead atoms. The number of hydrogen-bond acceptors (Lipinski definition) is 2. The van der Waals surface area contributed by atoms with E-state index in [1.54, 1.807) is 0 Å². The lowest BCUT2D eigenvalue weighted by Gasteiger charge is -2.15. The van der Waals surface area contributed by atoms with Crippen molar-refractivity contribution in [2.75, 3.05) is 12.4 Å². The van der Waals surface area contributed by atoms with E-state index in [1.807, 2.05) is 30.0 Å². The van der Waals surface area contributed by atoms with Crippen LogP contribution in [0.1, 0.15) is 17.0 Å². The van der Waals surface area contributed by atoms with Gasteiger partial charge in [0.25, 0.3) is 0 Å². The third kappa shape index (κ3) is 2.78. The molecule has 0 radical (unpaired) electrons. The quantitative estimate of drug-likeness (QED) is 0.701. The zero-order valence-corrected chi connectivity index (χ0v) is 13.1. The largest absolute Gasteiger partial charge is 0.491 e. The van der Waals surface area contributed by atoms with E-state index in [0.717, 1.165) is 17.1 Å². The summed E-state index contributed by atoms with van der Waals surface area (Å²) in [5.74, 6) is 2.60. The lowest BCUT2D eigenvalue weighted by molar-refractivity contribution is 0.296. The Kier molecular flexibility index (Phi) is 4.45. The SMILES string of the molecule is ClCc1cccc(Cl)c1OCC1CSc2ccccc21. The van der Waals surface area contributed by atoms with Crippen LogP contribution in [0.5, 0.6) is 5.75 Å². The number of para-hydroxylation sites is 1. The molecule has 3 rings (SSSR count). The highest BCUT2D eigenvalue weighted by atomic mass is 35.5. The minimum atomic E-state index is 0.409. The van der Waals surface area contributed by atoms with Gasteiger partial charge in [0.15, 0.2) is 0 Å². The van der Waals surface area contributed by atoms with Crippen LogP contribution < -0.4 is 4.74 Å². The highest BCUT2D eigenvalue weighted by molar-refractivity contribution is 7.99. The molecule has 0 spiro atoms. The maximum absolute atomic E-state index is 6.20. The number of benzene rings is 2. The molecule has 0 aliphatic carbocycles. The minimum Gasteiger partial charge on any atom is -0.491 e. The summed E-state index contributed by atoms with van der Waals surface area (Å²) in [5, 5.41) is 0.627. The van der Waals surface area contributed by atoms with Crippen LogP contribution in [0.15, 0.2) is 47.4 Å². The second-order valence-corrected chi connectivity index (χ2v) is 6.45. The lowest BCUT2D eigenvalue weighted by Crippen LogP contribution is -2.10. The Morgan fingerprint density at radius 2 is 2.00 bits per heavy atom. The zero-order valence-electron chi connectivity index (χ0n) is 10.8. The van der Waals surface area contributed by atoms with E-state index >= 15 is 0 Å². The number of hydrogen-bond donors (Lipinski definition) is 0. The van der Waals surface area contributed by atoms with Crippen molar-refractivity contribution in [1.82, 2.24) is 0 Å². The zero-order chi connectivity index (χ0) is 13.9. The number of halogens is 2. The monoisotopic (exact) mass is 324 g/mol. The second kappa shape index (κ2) is 6.30. The fourth-order valence-corrected chi connectivity index (χ4v) is 4.06. The van der Waals surface area contributed by atoms with E-state index in [2.05, 4.69) is 24.3 Å². The molecule has 1 nitrogen and oxygen atoms in total. The molecule has 2 aromatic carbocycles. The highest BCUT2D eigenvalue weighted by Crippen LogP contribution is 2.40. The molecule has 1 heterocycles. The van der Waals surface area contributed by atoms with Crippen LogP contribution >= 0.6 is 35.0 Å². The van der Waals surface area contributed by atoms with E-state index in [1.165, 1.54) is 10.5 Å². The Balaban J connectivity index is 1.75. The van der Waals surface area contributed by atoms with Crippen molar-refractivity contribution in [2.24, 2.45) is 0 Å². The second-order valence-electron chi connectivity index (χ2n) is 4.72. The molecule has 1 aliphatic heterocycles. The van der Waals surface area contributed by atoms with Gasteiger partial charge in [0.05, 0.1) is 17.5 Å². The first kappa shape index (κ1) is 14.1. The molecular formula is C16H14Cl2OS. The summed E-state index contributed by atoms with van der Waals surface area (Å²) in [4.78, 5) is 1.36. The molecule has 4 heteroatoms. The van der Waals surface area contributed by atoms with Crippen LogP contribution in [-0.2, 0) is 5.88 Å². The number of ether oxygens (including phenoxy) is 1. The fourth-order valence-electron chi connectivity index (χ4n) is 2.37. The Labute approximate surface area is 133 Å². The normalized spacial score (nSPS) is 17.0. The van der Waals surface area contributed by atoms with Gasteiger partial charge in [-0.1, -0.05) is 41.9 Å². The first-order valence-electron chi connectivity index (χ1n) is 6.47. The van der Waals surface area contributed by atoms with Gasteiger partial charge in [-0.3, -0.25) is 0 Å². The molecule has 0 saturated carbocycles. The van der Waals surface area contributed by atoms with E-state index < -0.39 is 0 Å². The standard InChI is InChI=1S/C16H14Cl2OS/c17-8-11-4-3-6-14(18)16(11)19-9-12-10-20-15-7-2-1-5-13(12)15/h1-7,12H,8-10H2. The van der Waals surface area contributed by atoms with Crippen LogP contribution in [0, 0.1) is 0 Å². The molecule has 2 aromatic rings. The average Bonchev–Trinajstić information content (AvgIpc) is 2.89. The third-order valence-corrected chi connectivity index (χ3v) is 5.26. The van der Waals surface area contributed by atoms with Gasteiger partial charge in [-0.05, 0) is 17.7 Å². The van der Waals surface area contributed by atoms with Gasteiger partial charge in [-0.2, -0.15) is 0 Å². The van der Waals surface area contributed by atoms with Crippen molar-refractivity contribution in [3.63, 3.8) is 0 Å². The van der Waals surface area contributed by atoms with Crippen LogP contribution in [0.25, 0.3) is 0 Å². The van der Waals surface area contributed by atoms with Gasteiger partial charge in [0.1, 0.15) is 5.75 Å². The first-order chi connectivity index (χ1) is 9.79. The van der Waals surface area contributed by atoms with Gasteiger partial charge in [0, 0.05) is 22.1 Å². The predicted octanol–water partition coefficient (Wildman–Crippen LogP) is 5.35. The maximum Gasteiger partial charge on any atom is 0.142 e. The summed E-state index contributed by atoms with van der Waals surface area (Å²) in [6, 6.07) is 14.2. The van der Waals surface area contributed by atoms with E-state index in [9.17, 15) is 0 Å². The third-order valence-electron chi connectivity index (χ3n) is 3.42. The van der Waals surface area contributed by atoms with Gasteiger partial charge in [-0.15, -0.1) is 23.4 Å². The molecule has 0 amide bonds. The van der Waals surface area contributed by atoms with Gasteiger partial charge < -0.3 is 4.74 Å². The number of thioether (sulfide) groups is 1. The molecule has 0 aromatic heterocycles. The Morgan fingerprint density at radius 3 is 2.85 bits per heavy atom. The summed E-state index contributed by atoms with van der Waals surface area (Å²) < 4.78 is 5.97. The maximum atomic E-state index is 6.20. The van der Waals surface area contributed by atoms with Crippen molar-refractivity contribution >= 4 is 35.0 Å². The highest BCUT2D eigenvalue weighted by Gasteiger charge is 2.23. The molecule has 0 N–H and O–H groups in total. The summed E-state index contributed by atoms with van der Waals surface area (Å²) in [6.07, 6.45) is 0. The van der Waals surface area contributed by atoms with Crippen LogP contribution in [-0.4, -0.2) is 12.4 Å². The Hall–Kier alpha value is -0.830. The van der Waals surface area contributed by atoms with Crippen molar-refractivity contribution in [2.45, 2.75) is 16.7 Å². The smallest absolute Gasteiger partial charge is 0.142 e. The van der Waals surface area contributed by atoms with Crippen molar-refractivity contribution in [3.05, 3.63) is 58.6 Å². The van der Waals surface area contributed by atoms with E-state index in [-0.39, 0.29) is 0 Å². The predicted molar refractivity (Wildman–Crippen MR) is 86.4 cm³/mol. The van der Waals surface area contributed by atoms with Crippen molar-refractivity contribution < 1.29 is 4.74 Å². The topological polar surface area (TPSA) is 9.23 Å². The van der Waals surface area contributed by atoms with Crippen molar-refractivity contribution in [3.8, 4) is 5.75 Å². The molecule has 0 saturated heterocycles. The minimum absolute atomic E-state index is 0.409. The summed E-state index contributed by atoms with van der Waals surface area (Å²) in [5.41, 5.74) is 2.31. The molecule has 1 atom stereocenters. The van der Waals surface area contributed by atoms with E-state index in [4.69, 9.17) is 27.9 Å².